The molecule has 0 aliphatic carbocycles. The number of nitriles is 1. The Morgan fingerprint density at radius 1 is 1.12 bits per heavy atom. The van der Waals surface area contributed by atoms with E-state index >= 15 is 0 Å². The van der Waals surface area contributed by atoms with Crippen molar-refractivity contribution in [1.82, 2.24) is 10.2 Å². The highest BCUT2D eigenvalue weighted by Gasteiger charge is 2.57. The van der Waals surface area contributed by atoms with E-state index in [-0.39, 0.29) is 5.91 Å². The normalized spacial score (nSPS) is 25.4. The molecule has 1 amide bonds. The van der Waals surface area contributed by atoms with Gasteiger partial charge in [0.05, 0.1) is 13.2 Å². The van der Waals surface area contributed by atoms with Crippen LogP contribution in [-0.2, 0) is 14.3 Å². The second kappa shape index (κ2) is 10.4. The summed E-state index contributed by atoms with van der Waals surface area (Å²) >= 11 is 3.08. The van der Waals surface area contributed by atoms with Gasteiger partial charge in [-0.3, -0.25) is 9.69 Å². The molecule has 2 unspecified atom stereocenters. The molecule has 2 aromatic carbocycles. The molecule has 0 aromatic heterocycles. The van der Waals surface area contributed by atoms with Crippen LogP contribution in [0.4, 0.5) is 5.69 Å². The lowest BCUT2D eigenvalue weighted by atomic mass is 9.94. The Morgan fingerprint density at radius 3 is 2.45 bits per heavy atom. The topological polar surface area (TPSA) is 68.6 Å². The maximum absolute atomic E-state index is 13.6. The van der Waals surface area contributed by atoms with E-state index in [4.69, 9.17) is 4.74 Å². The van der Waals surface area contributed by atoms with Gasteiger partial charge in [0.2, 0.25) is 5.91 Å². The van der Waals surface area contributed by atoms with Gasteiger partial charge in [-0.05, 0) is 29.8 Å². The minimum atomic E-state index is -0.949. The number of morpholine rings is 1. The van der Waals surface area contributed by atoms with Crippen molar-refractivity contribution < 1.29 is 9.53 Å². The molecule has 4 rings (SSSR count). The third kappa shape index (κ3) is 5.33. The Kier molecular flexibility index (Phi) is 7.55. The smallest absolute Gasteiger partial charge is 0.243 e. The van der Waals surface area contributed by atoms with Crippen LogP contribution in [0.2, 0.25) is 0 Å². The van der Waals surface area contributed by atoms with Gasteiger partial charge in [-0.1, -0.05) is 30.3 Å². The fourth-order valence-electron chi connectivity index (χ4n) is 4.22. The molecule has 0 saturated carbocycles. The number of nitrogens with zero attached hydrogens (tertiary/aromatic N) is 3. The van der Waals surface area contributed by atoms with E-state index in [2.05, 4.69) is 45.5 Å². The average Bonchev–Trinajstić information content (AvgIpc) is 3.13. The zero-order valence-corrected chi connectivity index (χ0v) is 20.8. The Hall–Kier alpha value is -2.18. The number of hydrogen-bond acceptors (Lipinski definition) is 7. The molecule has 174 valence electrons. The average molecular weight is 483 g/mol. The Morgan fingerprint density at radius 2 is 1.82 bits per heavy atom. The van der Waals surface area contributed by atoms with Gasteiger partial charge in [-0.25, -0.2) is 0 Å². The first-order chi connectivity index (χ1) is 16.0. The predicted molar refractivity (Wildman–Crippen MR) is 136 cm³/mol. The SMILES string of the molecule is CN(C)c1ccc(SC2(c3ccccc3)CC(C#N)(SCCN3CCOCC3)NC2=O)cc1. The largest absolute Gasteiger partial charge is 0.379 e. The molecule has 8 heteroatoms. The summed E-state index contributed by atoms with van der Waals surface area (Å²) in [5.41, 5.74) is 2.03. The third-order valence-electron chi connectivity index (χ3n) is 6.11. The fourth-order valence-corrected chi connectivity index (χ4v) is 6.91. The lowest BCUT2D eigenvalue weighted by Crippen LogP contribution is -2.40. The zero-order chi connectivity index (χ0) is 23.3. The summed E-state index contributed by atoms with van der Waals surface area (Å²) < 4.78 is 4.57. The van der Waals surface area contributed by atoms with E-state index in [1.54, 1.807) is 11.8 Å². The van der Waals surface area contributed by atoms with E-state index in [0.29, 0.717) is 6.42 Å². The number of rotatable bonds is 8. The number of carbonyl (C=O) groups is 1. The van der Waals surface area contributed by atoms with E-state index in [1.807, 2.05) is 44.4 Å². The van der Waals surface area contributed by atoms with Crippen LogP contribution in [0, 0.1) is 11.3 Å². The lowest BCUT2D eigenvalue weighted by molar-refractivity contribution is -0.121. The first-order valence-corrected chi connectivity index (χ1v) is 13.0. The summed E-state index contributed by atoms with van der Waals surface area (Å²) in [6, 6.07) is 20.5. The first kappa shape index (κ1) is 24.0. The number of anilines is 1. The molecule has 0 spiro atoms. The van der Waals surface area contributed by atoms with E-state index in [9.17, 15) is 10.1 Å². The summed E-state index contributed by atoms with van der Waals surface area (Å²) in [5.74, 6) is 0.678. The minimum Gasteiger partial charge on any atom is -0.379 e. The molecule has 0 radical (unpaired) electrons. The molecule has 1 N–H and O–H groups in total. The van der Waals surface area contributed by atoms with Gasteiger partial charge < -0.3 is 15.0 Å². The van der Waals surface area contributed by atoms with Gasteiger partial charge in [0.25, 0.3) is 0 Å². The number of thioether (sulfide) groups is 2. The van der Waals surface area contributed by atoms with Crippen LogP contribution in [0.5, 0.6) is 0 Å². The van der Waals surface area contributed by atoms with Crippen LogP contribution in [0.15, 0.2) is 59.5 Å². The standard InChI is InChI=1S/C25H30N4O2S2/c1-28(2)21-8-10-22(11-9-21)33-25(20-6-4-3-5-7-20)18-24(19-26,27-23(25)30)32-17-14-29-12-15-31-16-13-29/h3-11H,12-18H2,1-2H3,(H,27,30). The Bertz CT molecular complexity index is 990. The highest BCUT2D eigenvalue weighted by atomic mass is 32.2. The molecule has 2 aliphatic heterocycles. The lowest BCUT2D eigenvalue weighted by Gasteiger charge is -2.29. The fraction of sp³-hybridized carbons (Fsp3) is 0.440. The molecular weight excluding hydrogens is 452 g/mol. The van der Waals surface area contributed by atoms with Crippen molar-refractivity contribution >= 4 is 35.1 Å². The molecule has 2 fully saturated rings. The summed E-state index contributed by atoms with van der Waals surface area (Å²) in [7, 11) is 4.01. The van der Waals surface area contributed by atoms with Crippen molar-refractivity contribution in [3.63, 3.8) is 0 Å². The van der Waals surface area contributed by atoms with Crippen molar-refractivity contribution in [2.24, 2.45) is 0 Å². The number of ether oxygens (including phenoxy) is 1. The maximum Gasteiger partial charge on any atom is 0.243 e. The van der Waals surface area contributed by atoms with Crippen LogP contribution in [0.25, 0.3) is 0 Å². The van der Waals surface area contributed by atoms with Crippen molar-refractivity contribution in [1.29, 1.82) is 5.26 Å². The molecule has 6 nitrogen and oxygen atoms in total. The summed E-state index contributed by atoms with van der Waals surface area (Å²) in [6.07, 6.45) is 0.410. The van der Waals surface area contributed by atoms with Gasteiger partial charge in [0, 0.05) is 56.5 Å². The van der Waals surface area contributed by atoms with Crippen molar-refractivity contribution in [3.05, 3.63) is 60.2 Å². The monoisotopic (exact) mass is 482 g/mol. The summed E-state index contributed by atoms with van der Waals surface area (Å²) in [6.45, 7) is 4.22. The number of benzene rings is 2. The number of carbonyl (C=O) groups excluding carboxylic acids is 1. The van der Waals surface area contributed by atoms with Crippen LogP contribution in [0.1, 0.15) is 12.0 Å². The van der Waals surface area contributed by atoms with Gasteiger partial charge >= 0.3 is 0 Å². The molecule has 0 bridgehead atoms. The Labute approximate surface area is 204 Å². The van der Waals surface area contributed by atoms with E-state index in [0.717, 1.165) is 54.7 Å². The molecule has 2 heterocycles. The second-order valence-corrected chi connectivity index (χ2v) is 11.3. The molecule has 2 aliphatic rings. The highest BCUT2D eigenvalue weighted by molar-refractivity contribution is 8.02. The molecule has 2 saturated heterocycles. The van der Waals surface area contributed by atoms with Gasteiger partial charge in [-0.2, -0.15) is 5.26 Å². The predicted octanol–water partition coefficient (Wildman–Crippen LogP) is 3.55. The van der Waals surface area contributed by atoms with Gasteiger partial charge in [0.1, 0.15) is 10.8 Å². The summed E-state index contributed by atoms with van der Waals surface area (Å²) in [4.78, 5) is 18.0. The second-order valence-electron chi connectivity index (χ2n) is 8.56. The number of amides is 1. The van der Waals surface area contributed by atoms with Crippen LogP contribution < -0.4 is 10.2 Å². The zero-order valence-electron chi connectivity index (χ0n) is 19.1. The minimum absolute atomic E-state index is 0.101. The van der Waals surface area contributed by atoms with Gasteiger partial charge in [-0.15, -0.1) is 23.5 Å². The van der Waals surface area contributed by atoms with Crippen LogP contribution in [0.3, 0.4) is 0 Å². The highest BCUT2D eigenvalue weighted by Crippen LogP contribution is 2.53. The van der Waals surface area contributed by atoms with Crippen LogP contribution in [-0.4, -0.2) is 68.4 Å². The van der Waals surface area contributed by atoms with Crippen molar-refractivity contribution in [2.45, 2.75) is 20.9 Å². The Balaban J connectivity index is 1.57. The molecule has 2 atom stereocenters. The van der Waals surface area contributed by atoms with E-state index < -0.39 is 9.62 Å². The summed E-state index contributed by atoms with van der Waals surface area (Å²) in [5, 5.41) is 13.3. The van der Waals surface area contributed by atoms with Crippen molar-refractivity contribution in [2.75, 3.05) is 57.6 Å². The van der Waals surface area contributed by atoms with Crippen LogP contribution >= 0.6 is 23.5 Å². The molecule has 33 heavy (non-hydrogen) atoms. The number of hydrogen-bond donors (Lipinski definition) is 1. The molecular formula is C25H30N4O2S2. The van der Waals surface area contributed by atoms with Gasteiger partial charge in [0.15, 0.2) is 4.87 Å². The van der Waals surface area contributed by atoms with Crippen molar-refractivity contribution in [3.8, 4) is 6.07 Å². The third-order valence-corrected chi connectivity index (χ3v) is 8.74. The molecule has 2 aromatic rings. The first-order valence-electron chi connectivity index (χ1n) is 11.2. The number of nitrogens with one attached hydrogen (secondary N) is 1. The van der Waals surface area contributed by atoms with E-state index in [1.165, 1.54) is 11.8 Å². The quantitative estimate of drug-likeness (QED) is 0.617. The maximum atomic E-state index is 13.6.